The molecule has 0 saturated heterocycles. The fraction of sp³-hybridized carbons (Fsp3) is 0.417. The lowest BCUT2D eigenvalue weighted by molar-refractivity contribution is -0.115. The van der Waals surface area contributed by atoms with E-state index >= 15 is 0 Å². The highest BCUT2D eigenvalue weighted by atomic mass is 79.9. The van der Waals surface area contributed by atoms with Crippen LogP contribution < -0.4 is 10.6 Å². The van der Waals surface area contributed by atoms with Gasteiger partial charge in [0, 0.05) is 16.4 Å². The summed E-state index contributed by atoms with van der Waals surface area (Å²) >= 11 is 3.32. The molecule has 19 heavy (non-hydrogen) atoms. The zero-order chi connectivity index (χ0) is 14.3. The topological polar surface area (TPSA) is 75.3 Å². The van der Waals surface area contributed by atoms with Crippen molar-refractivity contribution in [3.05, 3.63) is 28.7 Å². The predicted molar refractivity (Wildman–Crippen MR) is 80.0 cm³/mol. The fourth-order valence-electron chi connectivity index (χ4n) is 1.43. The summed E-state index contributed by atoms with van der Waals surface area (Å²) in [5, 5.41) is 5.64. The monoisotopic (exact) mass is 348 g/mol. The van der Waals surface area contributed by atoms with Gasteiger partial charge in [0.25, 0.3) is 0 Å². The van der Waals surface area contributed by atoms with Gasteiger partial charge in [-0.1, -0.05) is 22.0 Å². The van der Waals surface area contributed by atoms with Gasteiger partial charge in [0.05, 0.1) is 12.3 Å². The average molecular weight is 349 g/mol. The van der Waals surface area contributed by atoms with Gasteiger partial charge in [-0.2, -0.15) is 0 Å². The van der Waals surface area contributed by atoms with Crippen LogP contribution in [0.4, 0.5) is 5.69 Å². The lowest BCUT2D eigenvalue weighted by Crippen LogP contribution is -2.29. The molecule has 0 unspecified atom stereocenters. The Balaban J connectivity index is 2.22. The van der Waals surface area contributed by atoms with Crippen LogP contribution in [0.1, 0.15) is 6.42 Å². The van der Waals surface area contributed by atoms with E-state index in [1.807, 2.05) is 18.2 Å². The molecule has 7 heteroatoms. The number of hydrogen-bond acceptors (Lipinski definition) is 4. The Morgan fingerprint density at radius 3 is 2.74 bits per heavy atom. The van der Waals surface area contributed by atoms with E-state index in [0.29, 0.717) is 13.0 Å². The summed E-state index contributed by atoms with van der Waals surface area (Å²) in [6.45, 7) is 0.662. The standard InChI is InChI=1S/C12H17BrN2O3S/c1-19(17,18)7-3-6-14-9-12(16)15-11-5-2-4-10(13)8-11/h2,4-5,8,14H,3,6-7,9H2,1H3,(H,15,16). The summed E-state index contributed by atoms with van der Waals surface area (Å²) < 4.78 is 22.7. The molecule has 5 nitrogen and oxygen atoms in total. The Morgan fingerprint density at radius 2 is 2.11 bits per heavy atom. The Kier molecular flexibility index (Phi) is 6.47. The SMILES string of the molecule is CS(=O)(=O)CCCNCC(=O)Nc1cccc(Br)c1. The molecule has 0 aliphatic carbocycles. The summed E-state index contributed by atoms with van der Waals surface area (Å²) in [7, 11) is -2.92. The average Bonchev–Trinajstić information content (AvgIpc) is 2.26. The van der Waals surface area contributed by atoms with Gasteiger partial charge in [-0.25, -0.2) is 8.42 Å². The van der Waals surface area contributed by atoms with Gasteiger partial charge < -0.3 is 10.6 Å². The second kappa shape index (κ2) is 7.62. The van der Waals surface area contributed by atoms with Crippen molar-refractivity contribution in [3.8, 4) is 0 Å². The van der Waals surface area contributed by atoms with Crippen LogP contribution in [0.3, 0.4) is 0 Å². The molecule has 0 aliphatic heterocycles. The summed E-state index contributed by atoms with van der Waals surface area (Å²) in [6.07, 6.45) is 1.70. The molecular weight excluding hydrogens is 332 g/mol. The van der Waals surface area contributed by atoms with E-state index in [1.165, 1.54) is 6.26 Å². The zero-order valence-electron chi connectivity index (χ0n) is 10.6. The molecule has 0 bridgehead atoms. The first kappa shape index (κ1) is 16.1. The van der Waals surface area contributed by atoms with Crippen molar-refractivity contribution in [1.82, 2.24) is 5.32 Å². The third kappa shape index (κ3) is 7.97. The van der Waals surface area contributed by atoms with Crippen molar-refractivity contribution < 1.29 is 13.2 Å². The van der Waals surface area contributed by atoms with Gasteiger partial charge in [0.15, 0.2) is 0 Å². The summed E-state index contributed by atoms with van der Waals surface area (Å²) in [5.74, 6) is -0.0229. The molecule has 1 aromatic rings. The minimum absolute atomic E-state index is 0.132. The predicted octanol–water partition coefficient (Wildman–Crippen LogP) is 1.41. The van der Waals surface area contributed by atoms with Crippen LogP contribution in [-0.2, 0) is 14.6 Å². The number of sulfone groups is 1. The molecule has 0 spiro atoms. The van der Waals surface area contributed by atoms with Crippen molar-refractivity contribution in [2.75, 3.05) is 30.4 Å². The van der Waals surface area contributed by atoms with Crippen molar-refractivity contribution in [3.63, 3.8) is 0 Å². The minimum atomic E-state index is -2.92. The molecule has 1 rings (SSSR count). The summed E-state index contributed by atoms with van der Waals surface area (Å²) in [6, 6.07) is 7.31. The van der Waals surface area contributed by atoms with Gasteiger partial charge in [0.2, 0.25) is 5.91 Å². The van der Waals surface area contributed by atoms with Crippen LogP contribution >= 0.6 is 15.9 Å². The summed E-state index contributed by atoms with van der Waals surface area (Å²) in [4.78, 5) is 11.6. The Morgan fingerprint density at radius 1 is 1.37 bits per heavy atom. The Labute approximate surface area is 121 Å². The lowest BCUT2D eigenvalue weighted by Gasteiger charge is -2.06. The van der Waals surface area contributed by atoms with Crippen molar-refractivity contribution in [2.45, 2.75) is 6.42 Å². The number of amides is 1. The smallest absolute Gasteiger partial charge is 0.238 e. The highest BCUT2D eigenvalue weighted by Gasteiger charge is 2.04. The molecule has 0 heterocycles. The van der Waals surface area contributed by atoms with Gasteiger partial charge in [-0.05, 0) is 31.2 Å². The first-order valence-electron chi connectivity index (χ1n) is 5.81. The maximum Gasteiger partial charge on any atom is 0.238 e. The maximum absolute atomic E-state index is 11.6. The van der Waals surface area contributed by atoms with Crippen LogP contribution in [0.15, 0.2) is 28.7 Å². The second-order valence-corrected chi connectivity index (χ2v) is 7.39. The van der Waals surface area contributed by atoms with E-state index in [2.05, 4.69) is 26.6 Å². The molecule has 0 fully saturated rings. The van der Waals surface area contributed by atoms with E-state index in [1.54, 1.807) is 6.07 Å². The number of halogens is 1. The quantitative estimate of drug-likeness (QED) is 0.730. The van der Waals surface area contributed by atoms with Gasteiger partial charge in [-0.15, -0.1) is 0 Å². The van der Waals surface area contributed by atoms with Gasteiger partial charge in [-0.3, -0.25) is 4.79 Å². The molecule has 0 aromatic heterocycles. The highest BCUT2D eigenvalue weighted by Crippen LogP contribution is 2.15. The molecule has 0 saturated carbocycles. The van der Waals surface area contributed by atoms with Crippen molar-refractivity contribution in [1.29, 1.82) is 0 Å². The van der Waals surface area contributed by atoms with E-state index in [4.69, 9.17) is 0 Å². The van der Waals surface area contributed by atoms with E-state index in [9.17, 15) is 13.2 Å². The van der Waals surface area contributed by atoms with Crippen LogP contribution in [0.5, 0.6) is 0 Å². The number of rotatable bonds is 7. The second-order valence-electron chi connectivity index (χ2n) is 4.22. The molecule has 0 atom stereocenters. The van der Waals surface area contributed by atoms with E-state index in [-0.39, 0.29) is 18.2 Å². The molecular formula is C12H17BrN2O3S. The van der Waals surface area contributed by atoms with E-state index < -0.39 is 9.84 Å². The van der Waals surface area contributed by atoms with Crippen molar-refractivity contribution in [2.24, 2.45) is 0 Å². The Bertz CT molecular complexity index is 532. The Hall–Kier alpha value is -0.920. The third-order valence-corrected chi connectivity index (χ3v) is 3.79. The number of carbonyl (C=O) groups excluding carboxylic acids is 1. The third-order valence-electron chi connectivity index (χ3n) is 2.26. The normalized spacial score (nSPS) is 11.3. The molecule has 1 amide bonds. The lowest BCUT2D eigenvalue weighted by atomic mass is 10.3. The van der Waals surface area contributed by atoms with Crippen LogP contribution in [-0.4, -0.2) is 39.4 Å². The largest absolute Gasteiger partial charge is 0.325 e. The van der Waals surface area contributed by atoms with Crippen molar-refractivity contribution >= 4 is 37.4 Å². The molecule has 2 N–H and O–H groups in total. The van der Waals surface area contributed by atoms with Gasteiger partial charge >= 0.3 is 0 Å². The van der Waals surface area contributed by atoms with Crippen LogP contribution in [0, 0.1) is 0 Å². The number of anilines is 1. The van der Waals surface area contributed by atoms with Gasteiger partial charge in [0.1, 0.15) is 9.84 Å². The summed E-state index contributed by atoms with van der Waals surface area (Å²) in [5.41, 5.74) is 0.720. The number of carbonyl (C=O) groups is 1. The first-order chi connectivity index (χ1) is 8.87. The molecule has 0 radical (unpaired) electrons. The highest BCUT2D eigenvalue weighted by molar-refractivity contribution is 9.10. The van der Waals surface area contributed by atoms with E-state index in [0.717, 1.165) is 10.2 Å². The molecule has 1 aromatic carbocycles. The van der Waals surface area contributed by atoms with Crippen LogP contribution in [0.25, 0.3) is 0 Å². The van der Waals surface area contributed by atoms with Crippen LogP contribution in [0.2, 0.25) is 0 Å². The molecule has 106 valence electrons. The minimum Gasteiger partial charge on any atom is -0.325 e. The number of benzene rings is 1. The molecule has 0 aliphatic rings. The zero-order valence-corrected chi connectivity index (χ0v) is 13.1. The first-order valence-corrected chi connectivity index (χ1v) is 8.66. The number of hydrogen-bond donors (Lipinski definition) is 2. The number of nitrogens with one attached hydrogen (secondary N) is 2. The maximum atomic E-state index is 11.6. The fourth-order valence-corrected chi connectivity index (χ4v) is 2.50.